The van der Waals surface area contributed by atoms with Crippen LogP contribution in [0.3, 0.4) is 0 Å². The first-order valence-corrected chi connectivity index (χ1v) is 9.47. The van der Waals surface area contributed by atoms with Gasteiger partial charge in [-0.3, -0.25) is 4.79 Å². The average Bonchev–Trinajstić information content (AvgIpc) is 2.55. The fourth-order valence-corrected chi connectivity index (χ4v) is 4.31. The number of anilines is 1. The Morgan fingerprint density at radius 1 is 1.17 bits per heavy atom. The second kappa shape index (κ2) is 6.35. The van der Waals surface area contributed by atoms with E-state index >= 15 is 0 Å². The highest BCUT2D eigenvalue weighted by molar-refractivity contribution is 8.01. The van der Waals surface area contributed by atoms with Crippen LogP contribution in [0.5, 0.6) is 0 Å². The van der Waals surface area contributed by atoms with Crippen LogP contribution in [0, 0.1) is 0 Å². The number of benzene rings is 2. The average molecular weight is 348 g/mol. The summed E-state index contributed by atoms with van der Waals surface area (Å²) < 4.78 is 27.5. The van der Waals surface area contributed by atoms with E-state index in [4.69, 9.17) is 0 Å². The molecule has 0 spiro atoms. The first-order chi connectivity index (χ1) is 11.0. The Morgan fingerprint density at radius 2 is 1.91 bits per heavy atom. The molecule has 1 unspecified atom stereocenters. The number of sulfonamides is 1. The van der Waals surface area contributed by atoms with Crippen molar-refractivity contribution in [3.63, 3.8) is 0 Å². The Bertz CT molecular complexity index is 836. The van der Waals surface area contributed by atoms with E-state index in [2.05, 4.69) is 10.0 Å². The van der Waals surface area contributed by atoms with E-state index in [9.17, 15) is 13.2 Å². The van der Waals surface area contributed by atoms with Crippen molar-refractivity contribution in [2.75, 3.05) is 5.32 Å². The van der Waals surface area contributed by atoms with Crippen LogP contribution in [0.15, 0.2) is 58.3 Å². The Labute approximate surface area is 139 Å². The molecular formula is C16H16N2O3S2. The van der Waals surface area contributed by atoms with Crippen LogP contribution >= 0.6 is 11.8 Å². The van der Waals surface area contributed by atoms with Crippen molar-refractivity contribution < 1.29 is 13.2 Å². The van der Waals surface area contributed by atoms with Crippen molar-refractivity contribution in [2.24, 2.45) is 0 Å². The standard InChI is InChI=1S/C16H16N2O3S2/c1-11-16(19)18-14-8-7-13(9-15(14)22-11)23(20,21)17-10-12-5-3-2-4-6-12/h2-9,11,17H,10H2,1H3,(H,18,19). The molecule has 1 amide bonds. The van der Waals surface area contributed by atoms with Crippen molar-refractivity contribution in [1.29, 1.82) is 0 Å². The molecule has 120 valence electrons. The van der Waals surface area contributed by atoms with E-state index in [0.717, 1.165) is 10.5 Å². The minimum Gasteiger partial charge on any atom is -0.324 e. The third-order valence-electron chi connectivity index (χ3n) is 3.50. The third-order valence-corrected chi connectivity index (χ3v) is 6.06. The van der Waals surface area contributed by atoms with Gasteiger partial charge in [0.15, 0.2) is 0 Å². The molecule has 0 saturated heterocycles. The van der Waals surface area contributed by atoms with Crippen LogP contribution in [0.2, 0.25) is 0 Å². The van der Waals surface area contributed by atoms with E-state index in [1.165, 1.54) is 17.8 Å². The molecule has 0 radical (unpaired) electrons. The zero-order valence-electron chi connectivity index (χ0n) is 12.4. The number of fused-ring (bicyclic) bond motifs is 1. The topological polar surface area (TPSA) is 75.3 Å². The van der Waals surface area contributed by atoms with Gasteiger partial charge in [0, 0.05) is 11.4 Å². The normalized spacial score (nSPS) is 17.4. The molecule has 1 heterocycles. The third kappa shape index (κ3) is 3.57. The van der Waals surface area contributed by atoms with Gasteiger partial charge in [0.25, 0.3) is 0 Å². The lowest BCUT2D eigenvalue weighted by Gasteiger charge is -2.21. The van der Waals surface area contributed by atoms with E-state index < -0.39 is 10.0 Å². The summed E-state index contributed by atoms with van der Waals surface area (Å²) in [6.45, 7) is 2.03. The predicted molar refractivity (Wildman–Crippen MR) is 90.9 cm³/mol. The van der Waals surface area contributed by atoms with Gasteiger partial charge in [0.2, 0.25) is 15.9 Å². The van der Waals surface area contributed by atoms with Gasteiger partial charge in [0.1, 0.15) is 0 Å². The number of nitrogens with one attached hydrogen (secondary N) is 2. The number of hydrogen-bond acceptors (Lipinski definition) is 4. The highest BCUT2D eigenvalue weighted by Gasteiger charge is 2.25. The summed E-state index contributed by atoms with van der Waals surface area (Å²) in [6, 6.07) is 14.1. The molecule has 7 heteroatoms. The van der Waals surface area contributed by atoms with Gasteiger partial charge in [0.05, 0.1) is 15.8 Å². The fraction of sp³-hybridized carbons (Fsp3) is 0.188. The monoisotopic (exact) mass is 348 g/mol. The van der Waals surface area contributed by atoms with Gasteiger partial charge in [-0.05, 0) is 30.7 Å². The van der Waals surface area contributed by atoms with Crippen molar-refractivity contribution >= 4 is 33.4 Å². The number of rotatable bonds is 4. The van der Waals surface area contributed by atoms with Crippen LogP contribution in [0.4, 0.5) is 5.69 Å². The van der Waals surface area contributed by atoms with Crippen molar-refractivity contribution in [1.82, 2.24) is 4.72 Å². The highest BCUT2D eigenvalue weighted by Crippen LogP contribution is 2.36. The predicted octanol–water partition coefficient (Wildman–Crippen LogP) is 2.60. The lowest BCUT2D eigenvalue weighted by molar-refractivity contribution is -0.115. The van der Waals surface area contributed by atoms with Crippen molar-refractivity contribution in [2.45, 2.75) is 28.5 Å². The Morgan fingerprint density at radius 3 is 2.65 bits per heavy atom. The molecule has 0 aromatic heterocycles. The van der Waals surface area contributed by atoms with Gasteiger partial charge in [-0.25, -0.2) is 13.1 Å². The van der Waals surface area contributed by atoms with E-state index in [1.54, 1.807) is 19.1 Å². The summed E-state index contributed by atoms with van der Waals surface area (Å²) in [7, 11) is -3.60. The van der Waals surface area contributed by atoms with Crippen LogP contribution in [-0.2, 0) is 21.4 Å². The summed E-state index contributed by atoms with van der Waals surface area (Å²) in [4.78, 5) is 12.6. The fourth-order valence-electron chi connectivity index (χ4n) is 2.21. The quantitative estimate of drug-likeness (QED) is 0.890. The molecule has 23 heavy (non-hydrogen) atoms. The van der Waals surface area contributed by atoms with Gasteiger partial charge >= 0.3 is 0 Å². The molecule has 1 atom stereocenters. The number of carbonyl (C=O) groups excluding carboxylic acids is 1. The van der Waals surface area contributed by atoms with Crippen molar-refractivity contribution in [3.8, 4) is 0 Å². The Kier molecular flexibility index (Phi) is 4.43. The molecule has 0 fully saturated rings. The summed E-state index contributed by atoms with van der Waals surface area (Å²) in [5.74, 6) is -0.0692. The molecule has 1 aliphatic rings. The zero-order chi connectivity index (χ0) is 16.4. The largest absolute Gasteiger partial charge is 0.324 e. The molecule has 2 aromatic rings. The molecule has 5 nitrogen and oxygen atoms in total. The number of thioether (sulfide) groups is 1. The summed E-state index contributed by atoms with van der Waals surface area (Å²) >= 11 is 1.36. The SMILES string of the molecule is CC1Sc2cc(S(=O)(=O)NCc3ccccc3)ccc2NC1=O. The molecule has 0 saturated carbocycles. The van der Waals surface area contributed by atoms with Gasteiger partial charge < -0.3 is 5.32 Å². The molecule has 1 aliphatic heterocycles. The first-order valence-electron chi connectivity index (χ1n) is 7.11. The molecule has 0 aliphatic carbocycles. The molecule has 2 N–H and O–H groups in total. The summed E-state index contributed by atoms with van der Waals surface area (Å²) in [6.07, 6.45) is 0. The maximum Gasteiger partial charge on any atom is 0.240 e. The first kappa shape index (κ1) is 16.0. The van der Waals surface area contributed by atoms with Crippen LogP contribution in [0.25, 0.3) is 0 Å². The zero-order valence-corrected chi connectivity index (χ0v) is 14.1. The molecular weight excluding hydrogens is 332 g/mol. The maximum absolute atomic E-state index is 12.4. The van der Waals surface area contributed by atoms with Gasteiger partial charge in [-0.1, -0.05) is 30.3 Å². The lowest BCUT2D eigenvalue weighted by Crippen LogP contribution is -2.27. The van der Waals surface area contributed by atoms with Crippen LogP contribution in [0.1, 0.15) is 12.5 Å². The molecule has 3 rings (SSSR count). The van der Waals surface area contributed by atoms with E-state index in [0.29, 0.717) is 5.69 Å². The molecule has 0 bridgehead atoms. The van der Waals surface area contributed by atoms with Crippen molar-refractivity contribution in [3.05, 3.63) is 54.1 Å². The minimum atomic E-state index is -3.60. The van der Waals surface area contributed by atoms with Gasteiger partial charge in [-0.15, -0.1) is 11.8 Å². The van der Waals surface area contributed by atoms with Gasteiger partial charge in [-0.2, -0.15) is 0 Å². The second-order valence-electron chi connectivity index (χ2n) is 5.22. The maximum atomic E-state index is 12.4. The summed E-state index contributed by atoms with van der Waals surface area (Å²) in [5.41, 5.74) is 1.55. The number of amides is 1. The second-order valence-corrected chi connectivity index (χ2v) is 8.37. The Hall–Kier alpha value is -1.83. The van der Waals surface area contributed by atoms with E-state index in [1.807, 2.05) is 30.3 Å². The van der Waals surface area contributed by atoms with Crippen LogP contribution in [-0.4, -0.2) is 19.6 Å². The Balaban J connectivity index is 1.81. The minimum absolute atomic E-state index is 0.0692. The van der Waals surface area contributed by atoms with Crippen LogP contribution < -0.4 is 10.0 Å². The molecule has 2 aromatic carbocycles. The lowest BCUT2D eigenvalue weighted by atomic mass is 10.2. The number of hydrogen-bond donors (Lipinski definition) is 2. The van der Waals surface area contributed by atoms with E-state index in [-0.39, 0.29) is 22.6 Å². The summed E-state index contributed by atoms with van der Waals surface area (Å²) in [5, 5.41) is 2.53. The number of carbonyl (C=O) groups is 1. The smallest absolute Gasteiger partial charge is 0.240 e. The highest BCUT2D eigenvalue weighted by atomic mass is 32.2.